The van der Waals surface area contributed by atoms with Crippen LogP contribution in [0.3, 0.4) is 0 Å². The number of anilines is 2. The van der Waals surface area contributed by atoms with Gasteiger partial charge in [-0.25, -0.2) is 9.97 Å². The van der Waals surface area contributed by atoms with E-state index in [9.17, 15) is 0 Å². The van der Waals surface area contributed by atoms with Gasteiger partial charge in [0.05, 0.1) is 0 Å². The van der Waals surface area contributed by atoms with Crippen LogP contribution < -0.4 is 10.2 Å². The summed E-state index contributed by atoms with van der Waals surface area (Å²) >= 11 is 3.72. The molecule has 1 fully saturated rings. The first-order chi connectivity index (χ1) is 10.1. The fourth-order valence-electron chi connectivity index (χ4n) is 2.95. The molecule has 0 radical (unpaired) electrons. The van der Waals surface area contributed by atoms with Crippen molar-refractivity contribution in [2.24, 2.45) is 5.92 Å². The van der Waals surface area contributed by atoms with E-state index < -0.39 is 0 Å². The van der Waals surface area contributed by atoms with Crippen molar-refractivity contribution in [1.29, 1.82) is 0 Å². The Morgan fingerprint density at radius 1 is 1.33 bits per heavy atom. The molecule has 1 aliphatic rings. The maximum absolute atomic E-state index is 4.57. The van der Waals surface area contributed by atoms with Crippen molar-refractivity contribution in [1.82, 2.24) is 9.97 Å². The van der Waals surface area contributed by atoms with E-state index in [0.29, 0.717) is 12.0 Å². The van der Waals surface area contributed by atoms with Crippen LogP contribution >= 0.6 is 15.9 Å². The zero-order valence-corrected chi connectivity index (χ0v) is 15.0. The van der Waals surface area contributed by atoms with Crippen molar-refractivity contribution in [3.63, 3.8) is 0 Å². The first kappa shape index (κ1) is 16.5. The lowest BCUT2D eigenvalue weighted by atomic mass is 10.1. The molecule has 5 heteroatoms. The van der Waals surface area contributed by atoms with Crippen molar-refractivity contribution in [3.05, 3.63) is 10.8 Å². The topological polar surface area (TPSA) is 41.1 Å². The Labute approximate surface area is 136 Å². The second kappa shape index (κ2) is 7.97. The highest BCUT2D eigenvalue weighted by atomic mass is 79.9. The summed E-state index contributed by atoms with van der Waals surface area (Å²) in [6, 6.07) is 0.623. The number of hydrogen-bond acceptors (Lipinski definition) is 4. The average Bonchev–Trinajstić information content (AvgIpc) is 2.98. The van der Waals surface area contributed by atoms with Crippen LogP contribution in [0, 0.1) is 5.92 Å². The van der Waals surface area contributed by atoms with Gasteiger partial charge in [-0.15, -0.1) is 0 Å². The third-order valence-electron chi connectivity index (χ3n) is 3.91. The van der Waals surface area contributed by atoms with Gasteiger partial charge >= 0.3 is 0 Å². The van der Waals surface area contributed by atoms with E-state index in [4.69, 9.17) is 0 Å². The minimum atomic E-state index is 0.623. The molecule has 0 atom stereocenters. The molecule has 0 spiro atoms. The van der Waals surface area contributed by atoms with Crippen molar-refractivity contribution in [2.45, 2.75) is 58.9 Å². The molecule has 0 amide bonds. The van der Waals surface area contributed by atoms with E-state index in [2.05, 4.69) is 56.9 Å². The van der Waals surface area contributed by atoms with Crippen LogP contribution in [0.4, 0.5) is 11.6 Å². The lowest BCUT2D eigenvalue weighted by molar-refractivity contribution is 0.530. The highest BCUT2D eigenvalue weighted by Gasteiger charge is 2.26. The Kier molecular flexibility index (Phi) is 6.27. The van der Waals surface area contributed by atoms with Gasteiger partial charge in [0, 0.05) is 19.1 Å². The molecule has 1 aromatic heterocycles. The molecule has 4 nitrogen and oxygen atoms in total. The van der Waals surface area contributed by atoms with Crippen LogP contribution in [-0.4, -0.2) is 29.1 Å². The van der Waals surface area contributed by atoms with Crippen molar-refractivity contribution in [3.8, 4) is 0 Å². The maximum atomic E-state index is 4.57. The molecular formula is C16H27BrN4. The maximum Gasteiger partial charge on any atom is 0.148 e. The van der Waals surface area contributed by atoms with Gasteiger partial charge in [0.1, 0.15) is 22.4 Å². The highest BCUT2D eigenvalue weighted by molar-refractivity contribution is 9.10. The number of aromatic nitrogens is 2. The molecule has 1 N–H and O–H groups in total. The lowest BCUT2D eigenvalue weighted by Crippen LogP contribution is -2.37. The minimum absolute atomic E-state index is 0.623. The summed E-state index contributed by atoms with van der Waals surface area (Å²) in [7, 11) is 0. The molecular weight excluding hydrogens is 328 g/mol. The molecule has 118 valence electrons. The first-order valence-corrected chi connectivity index (χ1v) is 8.93. The summed E-state index contributed by atoms with van der Waals surface area (Å²) in [5, 5.41) is 3.38. The summed E-state index contributed by atoms with van der Waals surface area (Å²) in [6.45, 7) is 8.68. The third kappa shape index (κ3) is 4.31. The predicted octanol–water partition coefficient (Wildman–Crippen LogP) is 4.47. The van der Waals surface area contributed by atoms with Crippen LogP contribution in [0.15, 0.2) is 10.8 Å². The second-order valence-electron chi connectivity index (χ2n) is 6.27. The molecule has 2 rings (SSSR count). The van der Waals surface area contributed by atoms with Crippen LogP contribution in [0.5, 0.6) is 0 Å². The average molecular weight is 355 g/mol. The summed E-state index contributed by atoms with van der Waals surface area (Å²) in [4.78, 5) is 11.4. The molecule has 1 aliphatic carbocycles. The molecule has 1 heterocycles. The van der Waals surface area contributed by atoms with E-state index in [1.807, 2.05) is 0 Å². The molecule has 1 saturated carbocycles. The summed E-state index contributed by atoms with van der Waals surface area (Å²) < 4.78 is 1.01. The Hall–Kier alpha value is -0.840. The zero-order chi connectivity index (χ0) is 15.2. The quantitative estimate of drug-likeness (QED) is 0.784. The van der Waals surface area contributed by atoms with E-state index in [1.165, 1.54) is 25.7 Å². The summed E-state index contributed by atoms with van der Waals surface area (Å²) in [6.07, 6.45) is 8.00. The molecule has 0 unspecified atom stereocenters. The van der Waals surface area contributed by atoms with E-state index >= 15 is 0 Å². The molecule has 0 aromatic carbocycles. The fraction of sp³-hybridized carbons (Fsp3) is 0.750. The van der Waals surface area contributed by atoms with Gasteiger partial charge in [0.25, 0.3) is 0 Å². The van der Waals surface area contributed by atoms with E-state index in [-0.39, 0.29) is 0 Å². The number of nitrogens with zero attached hydrogens (tertiary/aromatic N) is 3. The van der Waals surface area contributed by atoms with Crippen molar-refractivity contribution in [2.75, 3.05) is 23.3 Å². The molecule has 0 saturated heterocycles. The van der Waals surface area contributed by atoms with Gasteiger partial charge in [-0.2, -0.15) is 0 Å². The van der Waals surface area contributed by atoms with Crippen LogP contribution in [-0.2, 0) is 0 Å². The van der Waals surface area contributed by atoms with Crippen LogP contribution in [0.25, 0.3) is 0 Å². The van der Waals surface area contributed by atoms with E-state index in [0.717, 1.165) is 35.6 Å². The first-order valence-electron chi connectivity index (χ1n) is 8.14. The summed E-state index contributed by atoms with van der Waals surface area (Å²) in [5.74, 6) is 2.58. The molecule has 21 heavy (non-hydrogen) atoms. The Morgan fingerprint density at radius 2 is 2.05 bits per heavy atom. The summed E-state index contributed by atoms with van der Waals surface area (Å²) in [5.41, 5.74) is 0. The lowest BCUT2D eigenvalue weighted by Gasteiger charge is -2.32. The zero-order valence-electron chi connectivity index (χ0n) is 13.4. The van der Waals surface area contributed by atoms with Gasteiger partial charge in [-0.3, -0.25) is 0 Å². The highest BCUT2D eigenvalue weighted by Crippen LogP contribution is 2.35. The fourth-order valence-corrected chi connectivity index (χ4v) is 3.52. The van der Waals surface area contributed by atoms with Crippen LogP contribution in [0.2, 0.25) is 0 Å². The smallest absolute Gasteiger partial charge is 0.148 e. The number of nitrogens with one attached hydrogen (secondary N) is 1. The number of rotatable bonds is 7. The minimum Gasteiger partial charge on any atom is -0.369 e. The number of hydrogen-bond donors (Lipinski definition) is 1. The molecule has 0 bridgehead atoms. The third-order valence-corrected chi connectivity index (χ3v) is 4.64. The standard InChI is InChI=1S/C16H27BrN4/c1-4-9-18-15-14(17)16(20-11-19-15)21(10-12(2)3)13-7-5-6-8-13/h11-13H,4-10H2,1-3H3,(H,18,19,20). The molecule has 1 aromatic rings. The van der Waals surface area contributed by atoms with Gasteiger partial charge in [-0.1, -0.05) is 33.6 Å². The van der Waals surface area contributed by atoms with E-state index in [1.54, 1.807) is 6.33 Å². The van der Waals surface area contributed by atoms with Gasteiger partial charge in [-0.05, 0) is 41.1 Å². The number of halogens is 1. The van der Waals surface area contributed by atoms with Gasteiger partial charge < -0.3 is 10.2 Å². The molecule has 0 aliphatic heterocycles. The van der Waals surface area contributed by atoms with Crippen molar-refractivity contribution < 1.29 is 0 Å². The normalized spacial score (nSPS) is 15.7. The van der Waals surface area contributed by atoms with Gasteiger partial charge in [0.2, 0.25) is 0 Å². The van der Waals surface area contributed by atoms with Crippen molar-refractivity contribution >= 4 is 27.6 Å². The SMILES string of the molecule is CCCNc1ncnc(N(CC(C)C)C2CCCC2)c1Br. The predicted molar refractivity (Wildman–Crippen MR) is 93.0 cm³/mol. The van der Waals surface area contributed by atoms with Gasteiger partial charge in [0.15, 0.2) is 0 Å². The largest absolute Gasteiger partial charge is 0.369 e. The Bertz CT molecular complexity index is 444. The Morgan fingerprint density at radius 3 is 2.67 bits per heavy atom. The van der Waals surface area contributed by atoms with Crippen LogP contribution in [0.1, 0.15) is 52.9 Å². The monoisotopic (exact) mass is 354 g/mol. The Balaban J connectivity index is 2.25. The second-order valence-corrected chi connectivity index (χ2v) is 7.06.